The molecule has 4 saturated heterocycles. The molecule has 8 nitrogen and oxygen atoms in total. The zero-order valence-electron chi connectivity index (χ0n) is 19.8. The van der Waals surface area contributed by atoms with Crippen LogP contribution in [0.15, 0.2) is 35.5 Å². The van der Waals surface area contributed by atoms with Gasteiger partial charge in [0.2, 0.25) is 5.79 Å². The quantitative estimate of drug-likeness (QED) is 0.287. The van der Waals surface area contributed by atoms with Crippen molar-refractivity contribution in [3.63, 3.8) is 0 Å². The standard InChI is InChI=1S/C25H34N2O6/c1-15-10-11-20-17(3)21(14-16(2)27-31-23(28)26-18-8-6-5-7-9-18)29-22-25(20)19(15)12-13-24(4,30-22)32-33-25/h5-9,15,17,19-22H,10-14H2,1-4H3,(H,26,28)/b27-16-/t15-,17-,19+,20+,21-,22-,24+,25-/m1/s1. The molecule has 180 valence electrons. The number of carbonyl (C=O) groups excluding carboxylic acids is 1. The summed E-state index contributed by atoms with van der Waals surface area (Å²) >= 11 is 0. The summed E-state index contributed by atoms with van der Waals surface area (Å²) in [6.45, 7) is 8.30. The van der Waals surface area contributed by atoms with E-state index in [1.165, 1.54) is 0 Å². The van der Waals surface area contributed by atoms with Crippen LogP contribution in [0.3, 0.4) is 0 Å². The lowest BCUT2D eigenvalue weighted by Gasteiger charge is -2.60. The first-order chi connectivity index (χ1) is 15.8. The van der Waals surface area contributed by atoms with E-state index in [1.54, 1.807) is 12.1 Å². The van der Waals surface area contributed by atoms with Crippen LogP contribution in [0.2, 0.25) is 0 Å². The molecule has 5 fully saturated rings. The first-order valence-electron chi connectivity index (χ1n) is 12.1. The van der Waals surface area contributed by atoms with Crippen molar-refractivity contribution in [1.82, 2.24) is 0 Å². The van der Waals surface area contributed by atoms with Crippen LogP contribution in [-0.2, 0) is 24.1 Å². The minimum atomic E-state index is -0.787. The second-order valence-corrected chi connectivity index (χ2v) is 10.3. The van der Waals surface area contributed by atoms with Gasteiger partial charge >= 0.3 is 6.09 Å². The van der Waals surface area contributed by atoms with Crippen molar-refractivity contribution in [3.8, 4) is 0 Å². The molecule has 8 heteroatoms. The van der Waals surface area contributed by atoms with E-state index in [2.05, 4.69) is 24.3 Å². The van der Waals surface area contributed by atoms with Gasteiger partial charge in [-0.05, 0) is 63.0 Å². The number of hydrogen-bond acceptors (Lipinski definition) is 7. The first kappa shape index (κ1) is 22.8. The maximum absolute atomic E-state index is 12.1. The Kier molecular flexibility index (Phi) is 5.97. The molecule has 1 aromatic carbocycles. The maximum Gasteiger partial charge on any atom is 0.437 e. The maximum atomic E-state index is 12.1. The van der Waals surface area contributed by atoms with E-state index in [4.69, 9.17) is 24.1 Å². The monoisotopic (exact) mass is 458 g/mol. The smallest absolute Gasteiger partial charge is 0.345 e. The molecule has 1 aliphatic carbocycles. The molecule has 0 aromatic heterocycles. The van der Waals surface area contributed by atoms with Gasteiger partial charge in [0.1, 0.15) is 0 Å². The molecule has 5 aliphatic rings. The molecule has 0 unspecified atom stereocenters. The fourth-order valence-corrected chi connectivity index (χ4v) is 6.32. The van der Waals surface area contributed by atoms with Gasteiger partial charge in [-0.25, -0.2) is 14.6 Å². The third-order valence-corrected chi connectivity index (χ3v) is 8.10. The third kappa shape index (κ3) is 4.07. The highest BCUT2D eigenvalue weighted by molar-refractivity contribution is 5.86. The number of oxime groups is 1. The lowest BCUT2D eigenvalue weighted by atomic mass is 9.57. The van der Waals surface area contributed by atoms with Crippen molar-refractivity contribution in [2.24, 2.45) is 28.8 Å². The number of nitrogens with one attached hydrogen (secondary N) is 1. The van der Waals surface area contributed by atoms with Crippen LogP contribution in [0, 0.1) is 23.7 Å². The summed E-state index contributed by atoms with van der Waals surface area (Å²) < 4.78 is 13.0. The predicted molar refractivity (Wildman–Crippen MR) is 121 cm³/mol. The molecule has 1 saturated carbocycles. The van der Waals surface area contributed by atoms with Crippen molar-refractivity contribution >= 4 is 17.5 Å². The van der Waals surface area contributed by atoms with Crippen LogP contribution >= 0.6 is 0 Å². The molecule has 2 bridgehead atoms. The number of nitrogens with zero attached hydrogens (tertiary/aromatic N) is 1. The second kappa shape index (κ2) is 8.65. The lowest BCUT2D eigenvalue weighted by Crippen LogP contribution is -2.70. The summed E-state index contributed by atoms with van der Waals surface area (Å²) in [5.74, 6) is 0.566. The molecular formula is C25H34N2O6. The number of amides is 1. The summed E-state index contributed by atoms with van der Waals surface area (Å²) in [6, 6.07) is 9.14. The van der Waals surface area contributed by atoms with Crippen molar-refractivity contribution in [3.05, 3.63) is 30.3 Å². The van der Waals surface area contributed by atoms with Crippen molar-refractivity contribution in [1.29, 1.82) is 0 Å². The van der Waals surface area contributed by atoms with Crippen LogP contribution in [0.4, 0.5) is 10.5 Å². The summed E-state index contributed by atoms with van der Waals surface area (Å²) in [6.07, 6.45) is 3.34. The summed E-state index contributed by atoms with van der Waals surface area (Å²) in [7, 11) is 0. The van der Waals surface area contributed by atoms with Gasteiger partial charge in [0.15, 0.2) is 11.9 Å². The Hall–Kier alpha value is -2.00. The Morgan fingerprint density at radius 3 is 2.73 bits per heavy atom. The van der Waals surface area contributed by atoms with Crippen molar-refractivity contribution in [2.75, 3.05) is 5.32 Å². The van der Waals surface area contributed by atoms with Gasteiger partial charge in [-0.2, -0.15) is 0 Å². The molecule has 0 radical (unpaired) electrons. The average molecular weight is 459 g/mol. The molecule has 1 spiro atoms. The van der Waals surface area contributed by atoms with Gasteiger partial charge in [-0.15, -0.1) is 0 Å². The number of para-hydroxylation sites is 1. The molecule has 1 amide bonds. The molecule has 1 aromatic rings. The summed E-state index contributed by atoms with van der Waals surface area (Å²) in [5.41, 5.74) is 0.775. The normalized spacial score (nSPS) is 42.2. The molecule has 1 N–H and O–H groups in total. The molecule has 4 aliphatic heterocycles. The Bertz CT molecular complexity index is 909. The molecule has 4 heterocycles. The highest BCUT2D eigenvalue weighted by atomic mass is 17.3. The van der Waals surface area contributed by atoms with E-state index < -0.39 is 23.8 Å². The highest BCUT2D eigenvalue weighted by Gasteiger charge is 2.69. The number of rotatable bonds is 4. The summed E-state index contributed by atoms with van der Waals surface area (Å²) in [4.78, 5) is 29.2. The van der Waals surface area contributed by atoms with Crippen molar-refractivity contribution in [2.45, 2.75) is 83.6 Å². The van der Waals surface area contributed by atoms with Gasteiger partial charge in [0.05, 0.1) is 11.8 Å². The van der Waals surface area contributed by atoms with E-state index in [1.807, 2.05) is 32.0 Å². The number of fused-ring (bicyclic) bond motifs is 2. The zero-order chi connectivity index (χ0) is 23.2. The van der Waals surface area contributed by atoms with Crippen LogP contribution in [0.1, 0.15) is 59.8 Å². The lowest BCUT2D eigenvalue weighted by molar-refractivity contribution is -0.570. The molecular weight excluding hydrogens is 424 g/mol. The first-order valence-corrected chi connectivity index (χ1v) is 12.1. The van der Waals surface area contributed by atoms with Crippen LogP contribution < -0.4 is 5.32 Å². The van der Waals surface area contributed by atoms with Gasteiger partial charge in [0, 0.05) is 24.4 Å². The van der Waals surface area contributed by atoms with E-state index in [0.29, 0.717) is 29.7 Å². The van der Waals surface area contributed by atoms with Crippen LogP contribution in [0.5, 0.6) is 0 Å². The Morgan fingerprint density at radius 1 is 1.15 bits per heavy atom. The fraction of sp³-hybridized carbons (Fsp3) is 0.680. The topological polar surface area (TPSA) is 87.6 Å². The minimum absolute atomic E-state index is 0.115. The van der Waals surface area contributed by atoms with E-state index in [-0.39, 0.29) is 17.9 Å². The molecule has 6 rings (SSSR count). The molecule has 33 heavy (non-hydrogen) atoms. The predicted octanol–water partition coefficient (Wildman–Crippen LogP) is 5.25. The fourth-order valence-electron chi connectivity index (χ4n) is 6.32. The van der Waals surface area contributed by atoms with Crippen LogP contribution in [-0.4, -0.2) is 35.6 Å². The molecule has 8 atom stereocenters. The summed E-state index contributed by atoms with van der Waals surface area (Å²) in [5, 5.41) is 6.71. The van der Waals surface area contributed by atoms with E-state index >= 15 is 0 Å². The van der Waals surface area contributed by atoms with Crippen LogP contribution in [0.25, 0.3) is 0 Å². The Balaban J connectivity index is 1.29. The second-order valence-electron chi connectivity index (χ2n) is 10.3. The zero-order valence-corrected chi connectivity index (χ0v) is 19.8. The number of benzene rings is 1. The SMILES string of the molecule is C/C(C[C@H]1O[C@@H]2O[C@]3(C)CC[C@H]4[C@H](C)CC[C@@H]([C@H]1C)[C@@]24OO3)=N/OC(=O)Nc1ccccc1. The van der Waals surface area contributed by atoms with E-state index in [0.717, 1.165) is 25.7 Å². The van der Waals surface area contributed by atoms with Gasteiger partial charge < -0.3 is 9.47 Å². The Labute approximate surface area is 194 Å². The minimum Gasteiger partial charge on any atom is -0.345 e. The van der Waals surface area contributed by atoms with Gasteiger partial charge in [-0.1, -0.05) is 37.2 Å². The average Bonchev–Trinajstić information content (AvgIpc) is 3.02. The number of anilines is 1. The number of carbonyl (C=O) groups is 1. The number of hydrogen-bond donors (Lipinski definition) is 1. The van der Waals surface area contributed by atoms with Gasteiger partial charge in [-0.3, -0.25) is 10.2 Å². The third-order valence-electron chi connectivity index (χ3n) is 8.10. The van der Waals surface area contributed by atoms with Gasteiger partial charge in [0.25, 0.3) is 0 Å². The highest BCUT2D eigenvalue weighted by Crippen LogP contribution is 2.60. The largest absolute Gasteiger partial charge is 0.437 e. The van der Waals surface area contributed by atoms with Crippen molar-refractivity contribution < 1.29 is 28.9 Å². The Morgan fingerprint density at radius 2 is 1.94 bits per heavy atom. The van der Waals surface area contributed by atoms with E-state index in [9.17, 15) is 4.79 Å². The number of ether oxygens (including phenoxy) is 2.